The predicted molar refractivity (Wildman–Crippen MR) is 120 cm³/mol. The summed E-state index contributed by atoms with van der Waals surface area (Å²) in [6.07, 6.45) is 4.61. The summed E-state index contributed by atoms with van der Waals surface area (Å²) in [5.74, 6) is 2.86. The van der Waals surface area contributed by atoms with Gasteiger partial charge >= 0.3 is 0 Å². The summed E-state index contributed by atoms with van der Waals surface area (Å²) in [4.78, 5) is 0. The van der Waals surface area contributed by atoms with Gasteiger partial charge in [0, 0.05) is 29.9 Å². The van der Waals surface area contributed by atoms with Gasteiger partial charge in [-0.05, 0) is 68.4 Å². The number of rotatable bonds is 5. The van der Waals surface area contributed by atoms with Gasteiger partial charge in [-0.15, -0.1) is 10.2 Å². The van der Waals surface area contributed by atoms with E-state index in [0.717, 1.165) is 47.3 Å². The quantitative estimate of drug-likeness (QED) is 0.588. The van der Waals surface area contributed by atoms with E-state index in [1.165, 1.54) is 19.3 Å². The average molecular weight is 408 g/mol. The second kappa shape index (κ2) is 9.05. The zero-order chi connectivity index (χ0) is 20.1. The molecule has 1 aliphatic rings. The highest BCUT2D eigenvalue weighted by Gasteiger charge is 2.16. The number of nitrogens with one attached hydrogen (secondary N) is 2. The molecule has 2 aromatic carbocycles. The van der Waals surface area contributed by atoms with Crippen LogP contribution in [0.5, 0.6) is 5.75 Å². The molecule has 1 aromatic heterocycles. The van der Waals surface area contributed by atoms with E-state index in [4.69, 9.17) is 17.0 Å². The Labute approximate surface area is 176 Å². The Kier molecular flexibility index (Phi) is 6.05. The first-order valence-corrected chi connectivity index (χ1v) is 10.5. The zero-order valence-corrected chi connectivity index (χ0v) is 17.3. The normalized spacial score (nSPS) is 13.3. The number of fused-ring (bicyclic) bond motifs is 1. The minimum absolute atomic E-state index is 0.534. The van der Waals surface area contributed by atoms with E-state index >= 15 is 0 Å². The van der Waals surface area contributed by atoms with Crippen LogP contribution in [0.4, 0.5) is 11.4 Å². The minimum Gasteiger partial charge on any atom is -0.494 e. The third-order valence-electron chi connectivity index (χ3n) is 4.91. The van der Waals surface area contributed by atoms with Crippen molar-refractivity contribution in [3.8, 4) is 17.1 Å². The molecule has 3 aromatic rings. The molecule has 4 rings (SSSR count). The molecule has 0 unspecified atom stereocenters. The fraction of sp³-hybridized carbons (Fsp3) is 0.318. The van der Waals surface area contributed by atoms with Crippen LogP contribution in [-0.4, -0.2) is 26.5 Å². The minimum atomic E-state index is 0.534. The van der Waals surface area contributed by atoms with Crippen LogP contribution in [0.15, 0.2) is 48.5 Å². The lowest BCUT2D eigenvalue weighted by Crippen LogP contribution is -2.19. The summed E-state index contributed by atoms with van der Waals surface area (Å²) >= 11 is 5.47. The van der Waals surface area contributed by atoms with Crippen molar-refractivity contribution >= 4 is 28.7 Å². The van der Waals surface area contributed by atoms with Crippen molar-refractivity contribution < 1.29 is 4.74 Å². The summed E-state index contributed by atoms with van der Waals surface area (Å²) in [7, 11) is 0. The Morgan fingerprint density at radius 3 is 2.69 bits per heavy atom. The fourth-order valence-electron chi connectivity index (χ4n) is 3.53. The Balaban J connectivity index is 1.45. The molecule has 2 heterocycles. The van der Waals surface area contributed by atoms with Crippen molar-refractivity contribution in [3.05, 3.63) is 54.4 Å². The molecular weight excluding hydrogens is 382 g/mol. The van der Waals surface area contributed by atoms with Gasteiger partial charge in [0.2, 0.25) is 0 Å². The number of anilines is 2. The van der Waals surface area contributed by atoms with Gasteiger partial charge in [0.05, 0.1) is 6.61 Å². The van der Waals surface area contributed by atoms with Gasteiger partial charge in [-0.2, -0.15) is 0 Å². The van der Waals surface area contributed by atoms with E-state index in [9.17, 15) is 0 Å². The number of benzene rings is 2. The summed E-state index contributed by atoms with van der Waals surface area (Å²) in [6, 6.07) is 15.9. The van der Waals surface area contributed by atoms with E-state index in [1.54, 1.807) is 0 Å². The van der Waals surface area contributed by atoms with Gasteiger partial charge in [0.1, 0.15) is 11.6 Å². The number of aromatic nitrogens is 3. The number of thiocarbonyl (C=S) groups is 1. The predicted octanol–water partition coefficient (Wildman–Crippen LogP) is 4.88. The van der Waals surface area contributed by atoms with Crippen molar-refractivity contribution in [2.24, 2.45) is 0 Å². The molecule has 0 amide bonds. The first-order valence-electron chi connectivity index (χ1n) is 10.1. The molecule has 0 saturated carbocycles. The van der Waals surface area contributed by atoms with Crippen molar-refractivity contribution in [2.75, 3.05) is 17.2 Å². The first-order chi connectivity index (χ1) is 14.2. The molecule has 150 valence electrons. The topological polar surface area (TPSA) is 64.0 Å². The lowest BCUT2D eigenvalue weighted by molar-refractivity contribution is 0.340. The maximum Gasteiger partial charge on any atom is 0.175 e. The molecule has 0 radical (unpaired) electrons. The van der Waals surface area contributed by atoms with Gasteiger partial charge in [-0.1, -0.05) is 18.6 Å². The van der Waals surface area contributed by atoms with E-state index in [2.05, 4.69) is 37.5 Å². The number of hydrogen-bond acceptors (Lipinski definition) is 4. The molecule has 0 saturated heterocycles. The average Bonchev–Trinajstić information content (AvgIpc) is 2.98. The monoisotopic (exact) mass is 407 g/mol. The highest BCUT2D eigenvalue weighted by molar-refractivity contribution is 7.80. The second-order valence-electron chi connectivity index (χ2n) is 7.02. The Bertz CT molecular complexity index is 983. The summed E-state index contributed by atoms with van der Waals surface area (Å²) < 4.78 is 7.72. The smallest absolute Gasteiger partial charge is 0.175 e. The second-order valence-corrected chi connectivity index (χ2v) is 7.43. The molecule has 0 atom stereocenters. The molecular formula is C22H25N5OS. The van der Waals surface area contributed by atoms with Gasteiger partial charge < -0.3 is 19.9 Å². The number of nitrogens with zero attached hydrogens (tertiary/aromatic N) is 3. The van der Waals surface area contributed by atoms with Crippen LogP contribution < -0.4 is 15.4 Å². The molecule has 0 bridgehead atoms. The molecule has 0 spiro atoms. The third kappa shape index (κ3) is 4.74. The Morgan fingerprint density at radius 2 is 1.86 bits per heavy atom. The van der Waals surface area contributed by atoms with Crippen molar-refractivity contribution in [3.63, 3.8) is 0 Å². The van der Waals surface area contributed by atoms with Crippen LogP contribution >= 0.6 is 12.2 Å². The van der Waals surface area contributed by atoms with E-state index in [-0.39, 0.29) is 0 Å². The largest absolute Gasteiger partial charge is 0.494 e. The van der Waals surface area contributed by atoms with Crippen LogP contribution in [0.1, 0.15) is 32.0 Å². The van der Waals surface area contributed by atoms with Crippen LogP contribution in [0.2, 0.25) is 0 Å². The molecule has 2 N–H and O–H groups in total. The number of ether oxygens (including phenoxy) is 1. The van der Waals surface area contributed by atoms with Gasteiger partial charge in [0.25, 0.3) is 0 Å². The lowest BCUT2D eigenvalue weighted by Gasteiger charge is -2.12. The lowest BCUT2D eigenvalue weighted by atomic mass is 10.2. The Hall–Kier alpha value is -2.93. The fourth-order valence-corrected chi connectivity index (χ4v) is 3.76. The molecule has 6 nitrogen and oxygen atoms in total. The van der Waals surface area contributed by atoms with Gasteiger partial charge in [-0.25, -0.2) is 0 Å². The molecule has 29 heavy (non-hydrogen) atoms. The van der Waals surface area contributed by atoms with Crippen LogP contribution in [0, 0.1) is 0 Å². The Morgan fingerprint density at radius 1 is 1.03 bits per heavy atom. The van der Waals surface area contributed by atoms with Crippen LogP contribution in [0.25, 0.3) is 11.4 Å². The van der Waals surface area contributed by atoms with Crippen molar-refractivity contribution in [1.29, 1.82) is 0 Å². The zero-order valence-electron chi connectivity index (χ0n) is 16.5. The van der Waals surface area contributed by atoms with Crippen molar-refractivity contribution in [2.45, 2.75) is 39.2 Å². The number of aryl methyl sites for hydroxylation is 1. The van der Waals surface area contributed by atoms with E-state index in [0.29, 0.717) is 11.7 Å². The third-order valence-corrected chi connectivity index (χ3v) is 5.12. The first kappa shape index (κ1) is 19.4. The summed E-state index contributed by atoms with van der Waals surface area (Å²) in [5, 5.41) is 15.8. The van der Waals surface area contributed by atoms with E-state index in [1.807, 2.05) is 43.3 Å². The summed E-state index contributed by atoms with van der Waals surface area (Å²) in [5.41, 5.74) is 2.86. The standard InChI is InChI=1S/C22H25N5OS/c1-2-28-19-12-10-17(11-13-19)23-22(29)24-18-8-6-7-16(15-18)21-26-25-20-9-4-3-5-14-27(20)21/h6-8,10-13,15H,2-5,9,14H2,1H3,(H2,23,24,29). The molecule has 1 aliphatic heterocycles. The number of hydrogen-bond donors (Lipinski definition) is 2. The van der Waals surface area contributed by atoms with Crippen molar-refractivity contribution in [1.82, 2.24) is 14.8 Å². The maximum atomic E-state index is 5.47. The highest BCUT2D eigenvalue weighted by Crippen LogP contribution is 2.25. The summed E-state index contributed by atoms with van der Waals surface area (Å²) in [6.45, 7) is 3.60. The van der Waals surface area contributed by atoms with Crippen LogP contribution in [0.3, 0.4) is 0 Å². The SMILES string of the molecule is CCOc1ccc(NC(=S)Nc2cccc(-c3nnc4n3CCCCC4)c2)cc1. The van der Waals surface area contributed by atoms with Gasteiger partial charge in [0.15, 0.2) is 10.9 Å². The van der Waals surface area contributed by atoms with Crippen LogP contribution in [-0.2, 0) is 13.0 Å². The molecule has 0 fully saturated rings. The van der Waals surface area contributed by atoms with E-state index < -0.39 is 0 Å². The van der Waals surface area contributed by atoms with Gasteiger partial charge in [-0.3, -0.25) is 0 Å². The molecule has 7 heteroatoms. The highest BCUT2D eigenvalue weighted by atomic mass is 32.1. The molecule has 0 aliphatic carbocycles. The maximum absolute atomic E-state index is 5.47.